The summed E-state index contributed by atoms with van der Waals surface area (Å²) in [5, 5.41) is 8.35. The van der Waals surface area contributed by atoms with Gasteiger partial charge >= 0.3 is 0 Å². The highest BCUT2D eigenvalue weighted by molar-refractivity contribution is 7.99. The van der Waals surface area contributed by atoms with Gasteiger partial charge in [0.1, 0.15) is 5.75 Å². The van der Waals surface area contributed by atoms with Gasteiger partial charge in [-0.2, -0.15) is 0 Å². The lowest BCUT2D eigenvalue weighted by Gasteiger charge is -2.12. The normalized spacial score (nSPS) is 11.0. The molecule has 182 valence electrons. The van der Waals surface area contributed by atoms with Crippen LogP contribution in [-0.4, -0.2) is 15.0 Å². The number of anilines is 2. The van der Waals surface area contributed by atoms with Crippen LogP contribution in [0, 0.1) is 0 Å². The largest absolute Gasteiger partial charge is 0.453 e. The van der Waals surface area contributed by atoms with Gasteiger partial charge in [-0.05, 0) is 48.1 Å². The molecule has 1 N–H and O–H groups in total. The van der Waals surface area contributed by atoms with Gasteiger partial charge in [-0.3, -0.25) is 4.98 Å². The van der Waals surface area contributed by atoms with Crippen LogP contribution in [0.5, 0.6) is 11.5 Å². The SMILES string of the molecule is c1ccc(CCc2csc(Nc3ncc(Sc4ccnc5ccsc45)cc3Oc3ccccc3)n2)cc1. The van der Waals surface area contributed by atoms with E-state index in [1.165, 1.54) is 10.3 Å². The van der Waals surface area contributed by atoms with E-state index in [2.05, 4.69) is 45.3 Å². The first-order chi connectivity index (χ1) is 18.3. The number of pyridine rings is 2. The molecule has 0 unspecified atom stereocenters. The maximum atomic E-state index is 6.27. The zero-order valence-electron chi connectivity index (χ0n) is 19.7. The van der Waals surface area contributed by atoms with Gasteiger partial charge in [0, 0.05) is 33.6 Å². The summed E-state index contributed by atoms with van der Waals surface area (Å²) in [6.45, 7) is 0. The topological polar surface area (TPSA) is 59.9 Å². The second-order valence-electron chi connectivity index (χ2n) is 8.23. The molecule has 0 fully saturated rings. The summed E-state index contributed by atoms with van der Waals surface area (Å²) in [6, 6.07) is 26.4. The molecule has 0 saturated carbocycles. The highest BCUT2D eigenvalue weighted by Gasteiger charge is 2.13. The van der Waals surface area contributed by atoms with Crippen LogP contribution in [0.15, 0.2) is 112 Å². The lowest BCUT2D eigenvalue weighted by Crippen LogP contribution is -1.98. The number of para-hydroxylation sites is 1. The van der Waals surface area contributed by atoms with E-state index in [0.717, 1.165) is 44.7 Å². The summed E-state index contributed by atoms with van der Waals surface area (Å²) in [5.41, 5.74) is 3.38. The monoisotopic (exact) mass is 538 g/mol. The van der Waals surface area contributed by atoms with Crippen molar-refractivity contribution >= 4 is 55.6 Å². The van der Waals surface area contributed by atoms with Crippen molar-refractivity contribution in [1.29, 1.82) is 0 Å². The van der Waals surface area contributed by atoms with Crippen LogP contribution in [0.3, 0.4) is 0 Å². The Kier molecular flexibility index (Phi) is 7.12. The number of nitrogens with zero attached hydrogens (tertiary/aromatic N) is 3. The Hall–Kier alpha value is -3.72. The van der Waals surface area contributed by atoms with E-state index in [-0.39, 0.29) is 0 Å². The van der Waals surface area contributed by atoms with Gasteiger partial charge in [-0.25, -0.2) is 9.97 Å². The number of hydrogen-bond acceptors (Lipinski definition) is 8. The molecule has 0 aliphatic carbocycles. The Labute approximate surface area is 227 Å². The molecule has 0 spiro atoms. The fraction of sp³-hybridized carbons (Fsp3) is 0.0690. The predicted molar refractivity (Wildman–Crippen MR) is 154 cm³/mol. The number of hydrogen-bond donors (Lipinski definition) is 1. The zero-order chi connectivity index (χ0) is 24.9. The second kappa shape index (κ2) is 11.1. The average molecular weight is 539 g/mol. The Morgan fingerprint density at radius 2 is 1.70 bits per heavy atom. The number of thiophene rings is 1. The molecule has 4 aromatic heterocycles. The molecule has 0 aliphatic rings. The van der Waals surface area contributed by atoms with Crippen LogP contribution in [0.2, 0.25) is 0 Å². The fourth-order valence-electron chi connectivity index (χ4n) is 3.82. The lowest BCUT2D eigenvalue weighted by molar-refractivity contribution is 0.481. The summed E-state index contributed by atoms with van der Waals surface area (Å²) in [7, 11) is 0. The van der Waals surface area contributed by atoms with Gasteiger partial charge in [0.2, 0.25) is 0 Å². The maximum absolute atomic E-state index is 6.27. The van der Waals surface area contributed by atoms with Crippen molar-refractivity contribution in [2.24, 2.45) is 0 Å². The van der Waals surface area contributed by atoms with Gasteiger partial charge in [-0.15, -0.1) is 22.7 Å². The third kappa shape index (κ3) is 5.83. The summed E-state index contributed by atoms with van der Waals surface area (Å²) < 4.78 is 7.45. The van der Waals surface area contributed by atoms with Gasteiger partial charge in [0.15, 0.2) is 16.7 Å². The molecule has 37 heavy (non-hydrogen) atoms. The summed E-state index contributed by atoms with van der Waals surface area (Å²) in [6.07, 6.45) is 5.57. The van der Waals surface area contributed by atoms with Gasteiger partial charge in [0.25, 0.3) is 0 Å². The predicted octanol–water partition coefficient (Wildman–Crippen LogP) is 8.62. The van der Waals surface area contributed by atoms with Gasteiger partial charge < -0.3 is 10.1 Å². The van der Waals surface area contributed by atoms with E-state index >= 15 is 0 Å². The van der Waals surface area contributed by atoms with E-state index < -0.39 is 0 Å². The molecule has 0 atom stereocenters. The first-order valence-corrected chi connectivity index (χ1v) is 14.4. The molecule has 0 bridgehead atoms. The number of rotatable bonds is 9. The smallest absolute Gasteiger partial charge is 0.188 e. The summed E-state index contributed by atoms with van der Waals surface area (Å²) in [5.74, 6) is 2.03. The fourth-order valence-corrected chi connectivity index (χ4v) is 6.45. The molecule has 2 aromatic carbocycles. The van der Waals surface area contributed by atoms with E-state index in [0.29, 0.717) is 11.6 Å². The number of fused-ring (bicyclic) bond motifs is 1. The minimum absolute atomic E-state index is 0.633. The zero-order valence-corrected chi connectivity index (χ0v) is 22.2. The number of ether oxygens (including phenoxy) is 1. The van der Waals surface area contributed by atoms with Crippen molar-refractivity contribution in [1.82, 2.24) is 15.0 Å². The average Bonchev–Trinajstić information content (AvgIpc) is 3.60. The van der Waals surface area contributed by atoms with Crippen LogP contribution in [0.4, 0.5) is 10.9 Å². The first-order valence-electron chi connectivity index (χ1n) is 11.8. The number of benzene rings is 2. The Morgan fingerprint density at radius 3 is 2.57 bits per heavy atom. The van der Waals surface area contributed by atoms with Crippen LogP contribution >= 0.6 is 34.4 Å². The Morgan fingerprint density at radius 1 is 0.865 bits per heavy atom. The molecular formula is C29H22N4OS3. The minimum Gasteiger partial charge on any atom is -0.453 e. The first kappa shape index (κ1) is 23.7. The molecule has 4 heterocycles. The van der Waals surface area contributed by atoms with Crippen molar-refractivity contribution in [3.05, 3.63) is 113 Å². The molecular weight excluding hydrogens is 517 g/mol. The summed E-state index contributed by atoms with van der Waals surface area (Å²) in [4.78, 5) is 16.1. The van der Waals surface area contributed by atoms with Crippen molar-refractivity contribution in [2.75, 3.05) is 5.32 Å². The summed E-state index contributed by atoms with van der Waals surface area (Å²) >= 11 is 4.93. The number of thiazole rings is 1. The molecule has 6 aromatic rings. The van der Waals surface area contributed by atoms with Crippen molar-refractivity contribution in [3.8, 4) is 11.5 Å². The van der Waals surface area contributed by atoms with Crippen LogP contribution < -0.4 is 10.1 Å². The molecule has 6 rings (SSSR count). The molecule has 0 radical (unpaired) electrons. The minimum atomic E-state index is 0.633. The standard InChI is InChI=1S/C29H22N4OS3/c1-3-7-20(8-4-1)11-12-21-19-36-29(32-21)33-28-25(34-22-9-5-2-6-10-22)17-23(18-31-28)37-26-13-15-30-24-14-16-35-27(24)26/h1-10,13-19H,11-12H2,(H,31,32,33). The van der Waals surface area contributed by atoms with E-state index in [1.54, 1.807) is 34.4 Å². The number of aromatic nitrogens is 3. The molecule has 0 saturated heterocycles. The molecule has 5 nitrogen and oxygen atoms in total. The van der Waals surface area contributed by atoms with Crippen LogP contribution in [0.1, 0.15) is 11.3 Å². The molecule has 8 heteroatoms. The highest BCUT2D eigenvalue weighted by Crippen LogP contribution is 2.39. The van der Waals surface area contributed by atoms with Crippen molar-refractivity contribution in [2.45, 2.75) is 22.6 Å². The molecule has 0 aliphatic heterocycles. The van der Waals surface area contributed by atoms with E-state index in [9.17, 15) is 0 Å². The highest BCUT2D eigenvalue weighted by atomic mass is 32.2. The van der Waals surface area contributed by atoms with Gasteiger partial charge in [-0.1, -0.05) is 60.3 Å². The van der Waals surface area contributed by atoms with E-state index in [4.69, 9.17) is 14.7 Å². The Bertz CT molecular complexity index is 1620. The maximum Gasteiger partial charge on any atom is 0.188 e. The van der Waals surface area contributed by atoms with E-state index in [1.807, 2.05) is 67.0 Å². The second-order valence-corrected chi connectivity index (χ2v) is 11.1. The molecule has 0 amide bonds. The van der Waals surface area contributed by atoms with Crippen LogP contribution in [0.25, 0.3) is 10.2 Å². The lowest BCUT2D eigenvalue weighted by atomic mass is 10.1. The van der Waals surface area contributed by atoms with Gasteiger partial charge in [0.05, 0.1) is 15.9 Å². The number of aryl methyl sites for hydroxylation is 2. The van der Waals surface area contributed by atoms with Crippen molar-refractivity contribution < 1.29 is 4.74 Å². The van der Waals surface area contributed by atoms with Crippen LogP contribution in [-0.2, 0) is 12.8 Å². The number of nitrogens with one attached hydrogen (secondary N) is 1. The third-order valence-electron chi connectivity index (χ3n) is 5.62. The van der Waals surface area contributed by atoms with Crippen molar-refractivity contribution in [3.63, 3.8) is 0 Å². The Balaban J connectivity index is 1.24. The quantitative estimate of drug-likeness (QED) is 0.199. The third-order valence-corrected chi connectivity index (χ3v) is 8.52.